The minimum absolute atomic E-state index is 0.0391. The number of amides is 2. The Morgan fingerprint density at radius 2 is 1.83 bits per heavy atom. The van der Waals surface area contributed by atoms with Crippen LogP contribution in [0.4, 0.5) is 4.79 Å². The maximum atomic E-state index is 11.4. The fraction of sp³-hybridized carbons (Fsp3) is 0.889. The van der Waals surface area contributed by atoms with Crippen LogP contribution in [0.5, 0.6) is 0 Å². The Kier molecular flexibility index (Phi) is 2.19. The van der Waals surface area contributed by atoms with Gasteiger partial charge < -0.3 is 4.90 Å². The van der Waals surface area contributed by atoms with E-state index < -0.39 is 0 Å². The molecule has 0 spiro atoms. The molecule has 0 aromatic carbocycles. The Hall–Kier alpha value is -0.730. The zero-order valence-corrected chi connectivity index (χ0v) is 7.33. The second kappa shape index (κ2) is 3.33. The fourth-order valence-corrected chi connectivity index (χ4v) is 1.66. The molecule has 2 fully saturated rings. The van der Waals surface area contributed by atoms with E-state index in [2.05, 4.69) is 5.32 Å². The summed E-state index contributed by atoms with van der Waals surface area (Å²) in [4.78, 5) is 13.3. The number of carbonyl (C=O) groups excluding carboxylic acids is 1. The van der Waals surface area contributed by atoms with Gasteiger partial charge in [-0.25, -0.2) is 10.1 Å². The van der Waals surface area contributed by atoms with Crippen LogP contribution in [0.3, 0.4) is 0 Å². The van der Waals surface area contributed by atoms with Crippen molar-refractivity contribution >= 4 is 6.03 Å². The lowest BCUT2D eigenvalue weighted by molar-refractivity contribution is 0.195. The first-order valence-corrected chi connectivity index (χ1v) is 4.86. The zero-order valence-electron chi connectivity index (χ0n) is 7.33. The molecule has 1 saturated heterocycles. The first kappa shape index (κ1) is 7.90. The first-order chi connectivity index (χ1) is 5.86. The van der Waals surface area contributed by atoms with Crippen molar-refractivity contribution in [1.82, 2.24) is 10.2 Å². The summed E-state index contributed by atoms with van der Waals surface area (Å²) in [5, 5.41) is 4.15. The van der Waals surface area contributed by atoms with Crippen molar-refractivity contribution in [3.05, 3.63) is 0 Å². The monoisotopic (exact) mass is 167 g/mol. The molecule has 2 aliphatic rings. The SMILES string of the molecule is O=C([N]C1CCC1)N1CCCC1. The minimum Gasteiger partial charge on any atom is -0.323 e. The molecule has 3 nitrogen and oxygen atoms in total. The van der Waals surface area contributed by atoms with Gasteiger partial charge in [0, 0.05) is 13.1 Å². The molecule has 0 unspecified atom stereocenters. The van der Waals surface area contributed by atoms with Crippen LogP contribution in [-0.4, -0.2) is 30.1 Å². The molecule has 0 aromatic heterocycles. The molecule has 1 aliphatic heterocycles. The lowest BCUT2D eigenvalue weighted by atomic mass is 9.93. The molecule has 0 N–H and O–H groups in total. The molecule has 12 heavy (non-hydrogen) atoms. The van der Waals surface area contributed by atoms with Gasteiger partial charge in [-0.3, -0.25) is 0 Å². The van der Waals surface area contributed by atoms with Crippen LogP contribution in [0.15, 0.2) is 0 Å². The van der Waals surface area contributed by atoms with Crippen LogP contribution in [0.25, 0.3) is 0 Å². The van der Waals surface area contributed by atoms with E-state index in [-0.39, 0.29) is 6.03 Å². The summed E-state index contributed by atoms with van der Waals surface area (Å²) in [5.74, 6) is 0. The molecular formula is C9H15N2O. The van der Waals surface area contributed by atoms with Crippen molar-refractivity contribution in [3.63, 3.8) is 0 Å². The predicted octanol–water partition coefficient (Wildman–Crippen LogP) is 1.36. The lowest BCUT2D eigenvalue weighted by Gasteiger charge is -2.26. The molecule has 67 valence electrons. The van der Waals surface area contributed by atoms with Gasteiger partial charge in [0.05, 0.1) is 6.04 Å². The van der Waals surface area contributed by atoms with Crippen molar-refractivity contribution < 1.29 is 4.79 Å². The number of nitrogens with zero attached hydrogens (tertiary/aromatic N) is 2. The third-order valence-electron chi connectivity index (χ3n) is 2.74. The Morgan fingerprint density at radius 1 is 1.17 bits per heavy atom. The van der Waals surface area contributed by atoms with Crippen molar-refractivity contribution in [2.24, 2.45) is 0 Å². The predicted molar refractivity (Wildman–Crippen MR) is 46.0 cm³/mol. The van der Waals surface area contributed by atoms with Gasteiger partial charge in [-0.2, -0.15) is 0 Å². The first-order valence-electron chi connectivity index (χ1n) is 4.86. The van der Waals surface area contributed by atoms with Gasteiger partial charge in [0.2, 0.25) is 0 Å². The summed E-state index contributed by atoms with van der Waals surface area (Å²) < 4.78 is 0. The second-order valence-corrected chi connectivity index (χ2v) is 3.69. The molecular weight excluding hydrogens is 152 g/mol. The Morgan fingerprint density at radius 3 is 2.33 bits per heavy atom. The normalized spacial score (nSPS) is 23.8. The summed E-state index contributed by atoms with van der Waals surface area (Å²) in [5.41, 5.74) is 0. The molecule has 1 aliphatic carbocycles. The topological polar surface area (TPSA) is 34.4 Å². The summed E-state index contributed by atoms with van der Waals surface area (Å²) >= 11 is 0. The number of urea groups is 1. The molecule has 2 rings (SSSR count). The highest BCUT2D eigenvalue weighted by atomic mass is 16.2. The summed E-state index contributed by atoms with van der Waals surface area (Å²) in [6.07, 6.45) is 5.82. The van der Waals surface area contributed by atoms with E-state index in [0.717, 1.165) is 38.8 Å². The van der Waals surface area contributed by atoms with E-state index in [1.807, 2.05) is 4.90 Å². The van der Waals surface area contributed by atoms with E-state index in [0.29, 0.717) is 6.04 Å². The third-order valence-corrected chi connectivity index (χ3v) is 2.74. The number of hydrogen-bond donors (Lipinski definition) is 0. The highest BCUT2D eigenvalue weighted by Crippen LogP contribution is 2.20. The van der Waals surface area contributed by atoms with Gasteiger partial charge >= 0.3 is 6.03 Å². The van der Waals surface area contributed by atoms with Crippen molar-refractivity contribution in [2.75, 3.05) is 13.1 Å². The van der Waals surface area contributed by atoms with E-state index in [9.17, 15) is 4.79 Å². The van der Waals surface area contributed by atoms with Gasteiger partial charge in [0.25, 0.3) is 0 Å². The van der Waals surface area contributed by atoms with Gasteiger partial charge in [-0.15, -0.1) is 0 Å². The zero-order chi connectivity index (χ0) is 8.39. The highest BCUT2D eigenvalue weighted by Gasteiger charge is 2.25. The van der Waals surface area contributed by atoms with E-state index in [1.165, 1.54) is 6.42 Å². The highest BCUT2D eigenvalue weighted by molar-refractivity contribution is 5.74. The molecule has 0 bridgehead atoms. The average molecular weight is 167 g/mol. The van der Waals surface area contributed by atoms with Crippen molar-refractivity contribution in [1.29, 1.82) is 0 Å². The Balaban J connectivity index is 1.74. The van der Waals surface area contributed by atoms with Crippen LogP contribution in [-0.2, 0) is 0 Å². The summed E-state index contributed by atoms with van der Waals surface area (Å²) in [7, 11) is 0. The van der Waals surface area contributed by atoms with Gasteiger partial charge in [0.1, 0.15) is 0 Å². The van der Waals surface area contributed by atoms with Crippen LogP contribution < -0.4 is 5.32 Å². The van der Waals surface area contributed by atoms with Gasteiger partial charge in [0.15, 0.2) is 0 Å². The van der Waals surface area contributed by atoms with Crippen LogP contribution >= 0.6 is 0 Å². The molecule has 3 heteroatoms. The lowest BCUT2D eigenvalue weighted by Crippen LogP contribution is -2.41. The molecule has 2 amide bonds. The second-order valence-electron chi connectivity index (χ2n) is 3.69. The van der Waals surface area contributed by atoms with E-state index >= 15 is 0 Å². The Labute approximate surface area is 73.1 Å². The number of rotatable bonds is 1. The van der Waals surface area contributed by atoms with Crippen molar-refractivity contribution in [2.45, 2.75) is 38.1 Å². The average Bonchev–Trinajstić information content (AvgIpc) is 2.47. The summed E-state index contributed by atoms with van der Waals surface area (Å²) in [6, 6.07) is 0.398. The largest absolute Gasteiger partial charge is 0.339 e. The molecule has 0 aromatic rings. The van der Waals surface area contributed by atoms with Crippen molar-refractivity contribution in [3.8, 4) is 0 Å². The van der Waals surface area contributed by atoms with Crippen LogP contribution in [0.2, 0.25) is 0 Å². The smallest absolute Gasteiger partial charge is 0.323 e. The number of hydrogen-bond acceptors (Lipinski definition) is 1. The molecule has 1 radical (unpaired) electrons. The number of likely N-dealkylation sites (tertiary alicyclic amines) is 1. The molecule has 1 saturated carbocycles. The maximum Gasteiger partial charge on any atom is 0.339 e. The third kappa shape index (κ3) is 1.54. The van der Waals surface area contributed by atoms with Gasteiger partial charge in [-0.1, -0.05) is 0 Å². The maximum absolute atomic E-state index is 11.4. The van der Waals surface area contributed by atoms with E-state index in [1.54, 1.807) is 0 Å². The van der Waals surface area contributed by atoms with Crippen LogP contribution in [0, 0.1) is 0 Å². The minimum atomic E-state index is 0.0391. The molecule has 1 heterocycles. The fourth-order valence-electron chi connectivity index (χ4n) is 1.66. The Bertz CT molecular complexity index is 171. The molecule has 0 atom stereocenters. The standard InChI is InChI=1S/C9H15N2O/c12-9(10-8-4-3-5-8)11-6-1-2-7-11/h8H,1-7H2. The summed E-state index contributed by atoms with van der Waals surface area (Å²) in [6.45, 7) is 1.85. The van der Waals surface area contributed by atoms with Gasteiger partial charge in [-0.05, 0) is 32.1 Å². The van der Waals surface area contributed by atoms with E-state index in [4.69, 9.17) is 0 Å². The quantitative estimate of drug-likeness (QED) is 0.580. The number of carbonyl (C=O) groups is 1. The van der Waals surface area contributed by atoms with Crippen LogP contribution in [0.1, 0.15) is 32.1 Å².